The molecule has 0 aromatic heterocycles. The van der Waals surface area contributed by atoms with Gasteiger partial charge in [-0.2, -0.15) is 0 Å². The summed E-state index contributed by atoms with van der Waals surface area (Å²) in [4.78, 5) is 0. The van der Waals surface area contributed by atoms with Gasteiger partial charge < -0.3 is 10.4 Å². The molecular weight excluding hydrogens is 258 g/mol. The first-order chi connectivity index (χ1) is 10.3. The van der Waals surface area contributed by atoms with Crippen LogP contribution in [0.3, 0.4) is 0 Å². The highest BCUT2D eigenvalue weighted by molar-refractivity contribution is 5.63. The van der Waals surface area contributed by atoms with Gasteiger partial charge in [0.1, 0.15) is 0 Å². The highest BCUT2D eigenvalue weighted by Crippen LogP contribution is 2.27. The van der Waals surface area contributed by atoms with Crippen molar-refractivity contribution in [3.8, 4) is 11.1 Å². The van der Waals surface area contributed by atoms with E-state index >= 15 is 0 Å². The van der Waals surface area contributed by atoms with Crippen LogP contribution in [0.5, 0.6) is 0 Å². The van der Waals surface area contributed by atoms with E-state index in [0.717, 1.165) is 12.0 Å². The van der Waals surface area contributed by atoms with Gasteiger partial charge in [-0.3, -0.25) is 0 Å². The number of aliphatic hydroxyl groups is 1. The molecule has 110 valence electrons. The Bertz CT molecular complexity index is 560. The molecule has 0 saturated heterocycles. The Hall–Kier alpha value is -1.64. The molecule has 0 spiro atoms. The fourth-order valence-electron chi connectivity index (χ4n) is 2.72. The molecule has 2 atom stereocenters. The second kappa shape index (κ2) is 6.42. The molecule has 1 fully saturated rings. The van der Waals surface area contributed by atoms with Gasteiger partial charge in [-0.25, -0.2) is 0 Å². The molecule has 2 aromatic carbocycles. The summed E-state index contributed by atoms with van der Waals surface area (Å²) in [6.07, 6.45) is 3.00. The Morgan fingerprint density at radius 1 is 1.00 bits per heavy atom. The average Bonchev–Trinajstić information content (AvgIpc) is 3.37. The zero-order chi connectivity index (χ0) is 14.7. The SMILES string of the molecule is CCC(NC1CC1)C(O)c1ccc(-c2ccccc2)cc1. The summed E-state index contributed by atoms with van der Waals surface area (Å²) < 4.78 is 0. The van der Waals surface area contributed by atoms with Crippen molar-refractivity contribution in [2.45, 2.75) is 44.4 Å². The van der Waals surface area contributed by atoms with E-state index in [4.69, 9.17) is 0 Å². The molecule has 2 N–H and O–H groups in total. The van der Waals surface area contributed by atoms with Crippen molar-refractivity contribution < 1.29 is 5.11 Å². The molecule has 2 unspecified atom stereocenters. The molecule has 1 saturated carbocycles. The van der Waals surface area contributed by atoms with Crippen LogP contribution in [-0.4, -0.2) is 17.2 Å². The number of benzene rings is 2. The van der Waals surface area contributed by atoms with Gasteiger partial charge in [-0.1, -0.05) is 61.5 Å². The monoisotopic (exact) mass is 281 g/mol. The van der Waals surface area contributed by atoms with Crippen LogP contribution in [0.15, 0.2) is 54.6 Å². The van der Waals surface area contributed by atoms with Gasteiger partial charge in [0, 0.05) is 12.1 Å². The third-order valence-electron chi connectivity index (χ3n) is 4.21. The van der Waals surface area contributed by atoms with E-state index in [0.29, 0.717) is 6.04 Å². The Morgan fingerprint density at radius 3 is 2.19 bits per heavy atom. The molecule has 3 rings (SSSR count). The molecule has 2 heteroatoms. The highest BCUT2D eigenvalue weighted by Gasteiger charge is 2.27. The number of aliphatic hydroxyl groups excluding tert-OH is 1. The first kappa shape index (κ1) is 14.3. The van der Waals surface area contributed by atoms with Crippen molar-refractivity contribution in [2.75, 3.05) is 0 Å². The van der Waals surface area contributed by atoms with Crippen molar-refractivity contribution in [3.05, 3.63) is 60.2 Å². The molecule has 1 aliphatic rings. The topological polar surface area (TPSA) is 32.3 Å². The minimum absolute atomic E-state index is 0.153. The lowest BCUT2D eigenvalue weighted by Crippen LogP contribution is -2.35. The third-order valence-corrected chi connectivity index (χ3v) is 4.21. The van der Waals surface area contributed by atoms with Gasteiger partial charge >= 0.3 is 0 Å². The Kier molecular flexibility index (Phi) is 4.37. The molecule has 0 aliphatic heterocycles. The highest BCUT2D eigenvalue weighted by atomic mass is 16.3. The lowest BCUT2D eigenvalue weighted by molar-refractivity contribution is 0.125. The van der Waals surface area contributed by atoms with Crippen LogP contribution in [0, 0.1) is 0 Å². The summed E-state index contributed by atoms with van der Waals surface area (Å²) in [5.41, 5.74) is 3.39. The number of nitrogens with one attached hydrogen (secondary N) is 1. The molecule has 0 amide bonds. The molecule has 21 heavy (non-hydrogen) atoms. The van der Waals surface area contributed by atoms with Gasteiger partial charge in [0.2, 0.25) is 0 Å². The van der Waals surface area contributed by atoms with E-state index in [1.165, 1.54) is 24.0 Å². The summed E-state index contributed by atoms with van der Waals surface area (Å²) in [7, 11) is 0. The zero-order valence-corrected chi connectivity index (χ0v) is 12.5. The molecule has 2 nitrogen and oxygen atoms in total. The molecule has 0 radical (unpaired) electrons. The molecule has 0 heterocycles. The van der Waals surface area contributed by atoms with Gasteiger partial charge in [-0.05, 0) is 36.0 Å². The molecule has 0 bridgehead atoms. The number of rotatable bonds is 6. The van der Waals surface area contributed by atoms with Crippen molar-refractivity contribution in [2.24, 2.45) is 0 Å². The second-order valence-corrected chi connectivity index (χ2v) is 5.89. The zero-order valence-electron chi connectivity index (χ0n) is 12.5. The van der Waals surface area contributed by atoms with Crippen LogP contribution < -0.4 is 5.32 Å². The Balaban J connectivity index is 1.73. The van der Waals surface area contributed by atoms with Gasteiger partial charge in [0.05, 0.1) is 6.10 Å². The Morgan fingerprint density at radius 2 is 1.62 bits per heavy atom. The Labute approximate surface area is 126 Å². The largest absolute Gasteiger partial charge is 0.387 e. The van der Waals surface area contributed by atoms with Crippen LogP contribution >= 0.6 is 0 Å². The van der Waals surface area contributed by atoms with Crippen molar-refractivity contribution in [3.63, 3.8) is 0 Å². The number of hydrogen-bond acceptors (Lipinski definition) is 2. The van der Waals surface area contributed by atoms with Gasteiger partial charge in [0.15, 0.2) is 0 Å². The quantitative estimate of drug-likeness (QED) is 0.841. The van der Waals surface area contributed by atoms with Crippen LogP contribution in [0.1, 0.15) is 37.9 Å². The summed E-state index contributed by atoms with van der Waals surface area (Å²) in [6, 6.07) is 19.4. The summed E-state index contributed by atoms with van der Waals surface area (Å²) >= 11 is 0. The van der Waals surface area contributed by atoms with Gasteiger partial charge in [0.25, 0.3) is 0 Å². The molecular formula is C19H23NO. The second-order valence-electron chi connectivity index (χ2n) is 5.89. The summed E-state index contributed by atoms with van der Waals surface area (Å²) in [5, 5.41) is 14.1. The van der Waals surface area contributed by atoms with E-state index in [2.05, 4.69) is 36.5 Å². The van der Waals surface area contributed by atoms with Crippen molar-refractivity contribution in [1.82, 2.24) is 5.32 Å². The minimum atomic E-state index is -0.430. The maximum atomic E-state index is 10.6. The summed E-state index contributed by atoms with van der Waals surface area (Å²) in [6.45, 7) is 2.13. The maximum Gasteiger partial charge on any atom is 0.0942 e. The van der Waals surface area contributed by atoms with E-state index in [-0.39, 0.29) is 6.04 Å². The first-order valence-corrected chi connectivity index (χ1v) is 7.87. The lowest BCUT2D eigenvalue weighted by Gasteiger charge is -2.23. The van der Waals surface area contributed by atoms with E-state index < -0.39 is 6.10 Å². The molecule has 2 aromatic rings. The van der Waals surface area contributed by atoms with Crippen LogP contribution in [0.2, 0.25) is 0 Å². The smallest absolute Gasteiger partial charge is 0.0942 e. The maximum absolute atomic E-state index is 10.6. The van der Waals surface area contributed by atoms with Crippen LogP contribution in [0.4, 0.5) is 0 Å². The van der Waals surface area contributed by atoms with Crippen molar-refractivity contribution in [1.29, 1.82) is 0 Å². The van der Waals surface area contributed by atoms with Gasteiger partial charge in [-0.15, -0.1) is 0 Å². The predicted molar refractivity (Wildman–Crippen MR) is 87.1 cm³/mol. The summed E-state index contributed by atoms with van der Waals surface area (Å²) in [5.74, 6) is 0. The number of hydrogen-bond donors (Lipinski definition) is 2. The van der Waals surface area contributed by atoms with Crippen LogP contribution in [0.25, 0.3) is 11.1 Å². The fourth-order valence-corrected chi connectivity index (χ4v) is 2.72. The lowest BCUT2D eigenvalue weighted by atomic mass is 9.97. The van der Waals surface area contributed by atoms with Crippen molar-refractivity contribution >= 4 is 0 Å². The van der Waals surface area contributed by atoms with Crippen LogP contribution in [-0.2, 0) is 0 Å². The van der Waals surface area contributed by atoms with E-state index in [9.17, 15) is 5.11 Å². The van der Waals surface area contributed by atoms with E-state index in [1.807, 2.05) is 30.3 Å². The fraction of sp³-hybridized carbons (Fsp3) is 0.368. The normalized spacial score (nSPS) is 17.4. The minimum Gasteiger partial charge on any atom is -0.387 e. The first-order valence-electron chi connectivity index (χ1n) is 7.87. The van der Waals surface area contributed by atoms with E-state index in [1.54, 1.807) is 0 Å². The average molecular weight is 281 g/mol. The third kappa shape index (κ3) is 3.52. The predicted octanol–water partition coefficient (Wildman–Crippen LogP) is 3.92. The molecule has 1 aliphatic carbocycles. The standard InChI is InChI=1S/C19H23NO/c1-2-18(20-17-12-13-17)19(21)16-10-8-15(9-11-16)14-6-4-3-5-7-14/h3-11,17-21H,2,12-13H2,1H3.